The first-order valence-electron chi connectivity index (χ1n) is 5.49. The van der Waals surface area contributed by atoms with Gasteiger partial charge in [0.05, 0.1) is 0 Å². The molecule has 4 heteroatoms. The fraction of sp³-hybridized carbons (Fsp3) is 0.0714. The number of carbonyl (C=O) groups is 1. The van der Waals surface area contributed by atoms with Crippen molar-refractivity contribution in [2.24, 2.45) is 0 Å². The summed E-state index contributed by atoms with van der Waals surface area (Å²) in [5.74, 6) is -0.193. The molecule has 3 nitrogen and oxygen atoms in total. The summed E-state index contributed by atoms with van der Waals surface area (Å²) in [5, 5.41) is 3.37. The second-order valence-corrected chi connectivity index (χ2v) is 4.48. The van der Waals surface area contributed by atoms with Crippen LogP contribution in [-0.4, -0.2) is 5.91 Å². The van der Waals surface area contributed by atoms with Crippen molar-refractivity contribution in [3.63, 3.8) is 0 Å². The van der Waals surface area contributed by atoms with Crippen molar-refractivity contribution >= 4 is 28.9 Å². The monoisotopic (exact) mass is 260 g/mol. The Bertz CT molecular complexity index is 596. The summed E-state index contributed by atoms with van der Waals surface area (Å²) in [5.41, 5.74) is 8.35. The molecule has 0 aliphatic rings. The first-order chi connectivity index (χ1) is 8.56. The number of anilines is 2. The van der Waals surface area contributed by atoms with Gasteiger partial charge in [-0.05, 0) is 42.8 Å². The van der Waals surface area contributed by atoms with Gasteiger partial charge in [-0.15, -0.1) is 0 Å². The number of carbonyl (C=O) groups excluding carboxylic acids is 1. The van der Waals surface area contributed by atoms with Gasteiger partial charge in [-0.3, -0.25) is 4.79 Å². The van der Waals surface area contributed by atoms with E-state index in [9.17, 15) is 4.79 Å². The summed E-state index contributed by atoms with van der Waals surface area (Å²) >= 11 is 5.86. The number of halogens is 1. The van der Waals surface area contributed by atoms with Crippen molar-refractivity contribution in [1.82, 2.24) is 0 Å². The van der Waals surface area contributed by atoms with Crippen LogP contribution in [0.15, 0.2) is 42.5 Å². The zero-order valence-corrected chi connectivity index (χ0v) is 10.7. The van der Waals surface area contributed by atoms with E-state index in [4.69, 9.17) is 17.3 Å². The molecule has 0 radical (unpaired) electrons. The Labute approximate surface area is 111 Å². The SMILES string of the molecule is Cc1ccc(N)cc1C(=O)Nc1cccc(Cl)c1. The van der Waals surface area contributed by atoms with Gasteiger partial charge < -0.3 is 11.1 Å². The van der Waals surface area contributed by atoms with Crippen LogP contribution < -0.4 is 11.1 Å². The number of amides is 1. The van der Waals surface area contributed by atoms with Crippen LogP contribution >= 0.6 is 11.6 Å². The van der Waals surface area contributed by atoms with E-state index in [-0.39, 0.29) is 5.91 Å². The molecule has 0 aromatic heterocycles. The summed E-state index contributed by atoms with van der Waals surface area (Å²) in [4.78, 5) is 12.1. The topological polar surface area (TPSA) is 55.1 Å². The van der Waals surface area contributed by atoms with Crippen LogP contribution in [0.5, 0.6) is 0 Å². The van der Waals surface area contributed by atoms with E-state index in [1.807, 2.05) is 13.0 Å². The predicted octanol–water partition coefficient (Wildman–Crippen LogP) is 3.48. The Morgan fingerprint density at radius 1 is 1.22 bits per heavy atom. The summed E-state index contributed by atoms with van der Waals surface area (Å²) in [7, 11) is 0. The largest absolute Gasteiger partial charge is 0.399 e. The second kappa shape index (κ2) is 5.10. The molecule has 3 N–H and O–H groups in total. The van der Waals surface area contributed by atoms with Gasteiger partial charge in [0.1, 0.15) is 0 Å². The zero-order chi connectivity index (χ0) is 13.1. The Kier molecular flexibility index (Phi) is 3.53. The molecular weight excluding hydrogens is 248 g/mol. The number of aryl methyl sites for hydroxylation is 1. The molecule has 0 spiro atoms. The van der Waals surface area contributed by atoms with Crippen molar-refractivity contribution in [1.29, 1.82) is 0 Å². The maximum Gasteiger partial charge on any atom is 0.256 e. The Morgan fingerprint density at radius 3 is 2.72 bits per heavy atom. The summed E-state index contributed by atoms with van der Waals surface area (Å²) < 4.78 is 0. The Morgan fingerprint density at radius 2 is 2.00 bits per heavy atom. The van der Waals surface area contributed by atoms with E-state index in [1.165, 1.54) is 0 Å². The molecule has 2 aromatic rings. The zero-order valence-electron chi connectivity index (χ0n) is 9.91. The first kappa shape index (κ1) is 12.5. The number of nitrogens with one attached hydrogen (secondary N) is 1. The predicted molar refractivity (Wildman–Crippen MR) is 75.0 cm³/mol. The van der Waals surface area contributed by atoms with Crippen LogP contribution in [0.1, 0.15) is 15.9 Å². The third kappa shape index (κ3) is 2.81. The third-order valence-corrected chi connectivity index (χ3v) is 2.82. The molecular formula is C14H13ClN2O. The average Bonchev–Trinajstić information content (AvgIpc) is 2.32. The van der Waals surface area contributed by atoms with Gasteiger partial charge in [0, 0.05) is 22.0 Å². The van der Waals surface area contributed by atoms with E-state index >= 15 is 0 Å². The van der Waals surface area contributed by atoms with E-state index < -0.39 is 0 Å². The molecule has 2 rings (SSSR count). The molecule has 0 atom stereocenters. The normalized spacial score (nSPS) is 10.1. The summed E-state index contributed by atoms with van der Waals surface area (Å²) in [6.07, 6.45) is 0. The van der Waals surface area contributed by atoms with E-state index in [1.54, 1.807) is 36.4 Å². The molecule has 2 aromatic carbocycles. The van der Waals surface area contributed by atoms with Gasteiger partial charge in [-0.25, -0.2) is 0 Å². The van der Waals surface area contributed by atoms with Gasteiger partial charge in [0.25, 0.3) is 5.91 Å². The minimum atomic E-state index is -0.193. The maximum atomic E-state index is 12.1. The lowest BCUT2D eigenvalue weighted by molar-refractivity contribution is 0.102. The van der Waals surface area contributed by atoms with Crippen LogP contribution in [0.3, 0.4) is 0 Å². The Hall–Kier alpha value is -2.00. The molecule has 0 aliphatic carbocycles. The molecule has 0 heterocycles. The van der Waals surface area contributed by atoms with Crippen molar-refractivity contribution in [3.8, 4) is 0 Å². The lowest BCUT2D eigenvalue weighted by Crippen LogP contribution is -2.13. The fourth-order valence-corrected chi connectivity index (χ4v) is 1.84. The van der Waals surface area contributed by atoms with Gasteiger partial charge in [-0.2, -0.15) is 0 Å². The number of hydrogen-bond acceptors (Lipinski definition) is 2. The molecule has 0 saturated heterocycles. The van der Waals surface area contributed by atoms with Gasteiger partial charge in [-0.1, -0.05) is 23.7 Å². The van der Waals surface area contributed by atoms with Crippen molar-refractivity contribution < 1.29 is 4.79 Å². The van der Waals surface area contributed by atoms with Gasteiger partial charge in [0.2, 0.25) is 0 Å². The van der Waals surface area contributed by atoms with Crippen LogP contribution in [0, 0.1) is 6.92 Å². The molecule has 0 aliphatic heterocycles. The van der Waals surface area contributed by atoms with E-state index in [0.717, 1.165) is 5.56 Å². The average molecular weight is 261 g/mol. The number of nitrogen functional groups attached to an aromatic ring is 1. The maximum absolute atomic E-state index is 12.1. The lowest BCUT2D eigenvalue weighted by atomic mass is 10.1. The number of hydrogen-bond donors (Lipinski definition) is 2. The van der Waals surface area contributed by atoms with Gasteiger partial charge in [0.15, 0.2) is 0 Å². The molecule has 92 valence electrons. The highest BCUT2D eigenvalue weighted by Gasteiger charge is 2.09. The van der Waals surface area contributed by atoms with Crippen LogP contribution in [0.4, 0.5) is 11.4 Å². The summed E-state index contributed by atoms with van der Waals surface area (Å²) in [6, 6.07) is 12.3. The van der Waals surface area contributed by atoms with Crippen molar-refractivity contribution in [2.45, 2.75) is 6.92 Å². The molecule has 0 fully saturated rings. The van der Waals surface area contributed by atoms with E-state index in [2.05, 4.69) is 5.32 Å². The number of nitrogens with two attached hydrogens (primary N) is 1. The smallest absolute Gasteiger partial charge is 0.256 e. The van der Waals surface area contributed by atoms with Crippen LogP contribution in [0.2, 0.25) is 5.02 Å². The number of benzene rings is 2. The standard InChI is InChI=1S/C14H13ClN2O/c1-9-5-6-11(16)8-13(9)14(18)17-12-4-2-3-10(15)7-12/h2-8H,16H2,1H3,(H,17,18). The highest BCUT2D eigenvalue weighted by molar-refractivity contribution is 6.31. The molecule has 0 unspecified atom stereocenters. The Balaban J connectivity index is 2.24. The summed E-state index contributed by atoms with van der Waals surface area (Å²) in [6.45, 7) is 1.87. The highest BCUT2D eigenvalue weighted by atomic mass is 35.5. The molecule has 0 bridgehead atoms. The molecule has 0 saturated carbocycles. The highest BCUT2D eigenvalue weighted by Crippen LogP contribution is 2.18. The van der Waals surface area contributed by atoms with Gasteiger partial charge >= 0.3 is 0 Å². The van der Waals surface area contributed by atoms with Crippen LogP contribution in [-0.2, 0) is 0 Å². The quantitative estimate of drug-likeness (QED) is 0.812. The third-order valence-electron chi connectivity index (χ3n) is 2.59. The van der Waals surface area contributed by atoms with Crippen LogP contribution in [0.25, 0.3) is 0 Å². The minimum Gasteiger partial charge on any atom is -0.399 e. The molecule has 1 amide bonds. The second-order valence-electron chi connectivity index (χ2n) is 4.04. The fourth-order valence-electron chi connectivity index (χ4n) is 1.65. The van der Waals surface area contributed by atoms with E-state index in [0.29, 0.717) is 22.0 Å². The minimum absolute atomic E-state index is 0.193. The lowest BCUT2D eigenvalue weighted by Gasteiger charge is -2.08. The van der Waals surface area contributed by atoms with Crippen molar-refractivity contribution in [2.75, 3.05) is 11.1 Å². The first-order valence-corrected chi connectivity index (χ1v) is 5.87. The number of rotatable bonds is 2. The van der Waals surface area contributed by atoms with Crippen molar-refractivity contribution in [3.05, 3.63) is 58.6 Å². The molecule has 18 heavy (non-hydrogen) atoms.